The molecule has 2 aliphatic carbocycles. The van der Waals surface area contributed by atoms with Crippen LogP contribution in [0.1, 0.15) is 88.2 Å². The number of halogens is 17. The van der Waals surface area contributed by atoms with Crippen molar-refractivity contribution in [1.29, 1.82) is 0 Å². The summed E-state index contributed by atoms with van der Waals surface area (Å²) < 4.78 is 231. The largest absolute Gasteiger partial charge is 0.460 e. The molecular weight excluding hydrogens is 671 g/mol. The van der Waals surface area contributed by atoms with Crippen molar-refractivity contribution >= 4 is 0 Å². The second kappa shape index (κ2) is 12.5. The summed E-state index contributed by atoms with van der Waals surface area (Å²) in [6.07, 6.45) is 1.44. The molecule has 0 amide bonds. The number of hydrogen-bond donors (Lipinski definition) is 0. The third-order valence-corrected chi connectivity index (χ3v) is 9.43. The van der Waals surface area contributed by atoms with Gasteiger partial charge in [-0.2, -0.15) is 74.6 Å². The second-order valence-electron chi connectivity index (χ2n) is 12.6. The molecule has 0 atom stereocenters. The highest BCUT2D eigenvalue weighted by molar-refractivity contribution is 5.31. The van der Waals surface area contributed by atoms with Gasteiger partial charge in [0.05, 0.1) is 0 Å². The molecule has 0 nitrogen and oxygen atoms in total. The lowest BCUT2D eigenvalue weighted by Crippen LogP contribution is -2.74. The molecule has 46 heavy (non-hydrogen) atoms. The number of alkyl halides is 17. The van der Waals surface area contributed by atoms with Crippen LogP contribution in [0.25, 0.3) is 0 Å². The molecule has 1 aromatic carbocycles. The van der Waals surface area contributed by atoms with Crippen molar-refractivity contribution in [3.05, 3.63) is 35.4 Å². The minimum Gasteiger partial charge on any atom is -0.194 e. The summed E-state index contributed by atoms with van der Waals surface area (Å²) in [5.41, 5.74) is -1.90. The Morgan fingerprint density at radius 3 is 1.20 bits per heavy atom. The Morgan fingerprint density at radius 2 is 0.804 bits per heavy atom. The quantitative estimate of drug-likeness (QED) is 0.201. The van der Waals surface area contributed by atoms with Gasteiger partial charge in [0.15, 0.2) is 0 Å². The predicted octanol–water partition coefficient (Wildman–Crippen LogP) is 12.0. The average Bonchev–Trinajstić information content (AvgIpc) is 2.96. The zero-order valence-electron chi connectivity index (χ0n) is 24.1. The van der Waals surface area contributed by atoms with Gasteiger partial charge in [0.1, 0.15) is 0 Å². The van der Waals surface area contributed by atoms with Crippen LogP contribution in [0.4, 0.5) is 74.6 Å². The molecule has 2 aliphatic rings. The Hall–Kier alpha value is -1.97. The van der Waals surface area contributed by atoms with Crippen molar-refractivity contribution in [2.45, 2.75) is 125 Å². The molecular formula is C29H31F17. The van der Waals surface area contributed by atoms with Gasteiger partial charge >= 0.3 is 47.6 Å². The Kier molecular flexibility index (Phi) is 10.4. The summed E-state index contributed by atoms with van der Waals surface area (Å²) in [5, 5.41) is 0. The van der Waals surface area contributed by atoms with E-state index in [-0.39, 0.29) is 23.6 Å². The maximum atomic E-state index is 14.6. The first-order valence-electron chi connectivity index (χ1n) is 14.5. The van der Waals surface area contributed by atoms with Gasteiger partial charge in [0.2, 0.25) is 0 Å². The first kappa shape index (κ1) is 38.5. The average molecular weight is 703 g/mol. The lowest BCUT2D eigenvalue weighted by atomic mass is 9.74. The van der Waals surface area contributed by atoms with Crippen molar-refractivity contribution in [2.75, 3.05) is 0 Å². The normalized spacial score (nSPS) is 25.1. The van der Waals surface area contributed by atoms with Gasteiger partial charge in [0, 0.05) is 5.56 Å². The lowest BCUT2D eigenvalue weighted by Gasteiger charge is -2.42. The lowest BCUT2D eigenvalue weighted by molar-refractivity contribution is -0.462. The Balaban J connectivity index is 1.76. The number of benzene rings is 1. The molecule has 0 radical (unpaired) electrons. The third-order valence-electron chi connectivity index (χ3n) is 9.43. The highest BCUT2D eigenvalue weighted by atomic mass is 19.4. The summed E-state index contributed by atoms with van der Waals surface area (Å²) >= 11 is 0. The fourth-order valence-corrected chi connectivity index (χ4v) is 6.18. The van der Waals surface area contributed by atoms with Crippen LogP contribution in [0.15, 0.2) is 24.3 Å². The molecule has 0 heterocycles. The van der Waals surface area contributed by atoms with E-state index in [1.807, 2.05) is 0 Å². The Labute approximate surface area is 253 Å². The monoisotopic (exact) mass is 702 g/mol. The highest BCUT2D eigenvalue weighted by Crippen LogP contribution is 2.65. The van der Waals surface area contributed by atoms with Gasteiger partial charge in [-0.05, 0) is 54.9 Å². The first-order valence-corrected chi connectivity index (χ1v) is 14.5. The molecule has 2 fully saturated rings. The van der Waals surface area contributed by atoms with Crippen molar-refractivity contribution < 1.29 is 74.6 Å². The fourth-order valence-electron chi connectivity index (χ4n) is 6.18. The van der Waals surface area contributed by atoms with E-state index in [2.05, 4.69) is 6.92 Å². The molecule has 1 aromatic rings. The molecule has 0 saturated heterocycles. The van der Waals surface area contributed by atoms with Crippen LogP contribution < -0.4 is 0 Å². The molecule has 0 aromatic heterocycles. The Morgan fingerprint density at radius 1 is 0.457 bits per heavy atom. The van der Waals surface area contributed by atoms with Crippen molar-refractivity contribution in [3.63, 3.8) is 0 Å². The minimum atomic E-state index is -8.63. The van der Waals surface area contributed by atoms with Crippen LogP contribution in [0.5, 0.6) is 0 Å². The molecule has 266 valence electrons. The molecule has 2 saturated carbocycles. The van der Waals surface area contributed by atoms with E-state index >= 15 is 0 Å². The molecule has 0 N–H and O–H groups in total. The SMILES string of the molecule is C[C@H]1CC[C@H](CC[C@H]2CC[C@H](c3ccc(C(F)(F)C(F)(F)C(F)(F)C(F)(F)C(F)(F)C(F)(F)C(F)(F)C(F)(F)F)cc3)CC2)CC1. The third kappa shape index (κ3) is 6.29. The Bertz CT molecular complexity index is 1150. The van der Waals surface area contributed by atoms with E-state index in [1.54, 1.807) is 0 Å². The van der Waals surface area contributed by atoms with Crippen LogP contribution >= 0.6 is 0 Å². The van der Waals surface area contributed by atoms with Gasteiger partial charge in [-0.3, -0.25) is 0 Å². The van der Waals surface area contributed by atoms with Gasteiger partial charge < -0.3 is 0 Å². The van der Waals surface area contributed by atoms with E-state index in [1.165, 1.54) is 12.8 Å². The first-order chi connectivity index (χ1) is 20.7. The zero-order chi connectivity index (χ0) is 35.4. The molecule has 0 unspecified atom stereocenters. The van der Waals surface area contributed by atoms with Crippen molar-refractivity contribution in [3.8, 4) is 0 Å². The van der Waals surface area contributed by atoms with E-state index < -0.39 is 53.2 Å². The molecule has 17 heteroatoms. The van der Waals surface area contributed by atoms with Crippen LogP contribution in [0.3, 0.4) is 0 Å². The zero-order valence-corrected chi connectivity index (χ0v) is 24.1. The topological polar surface area (TPSA) is 0 Å². The van der Waals surface area contributed by atoms with Crippen molar-refractivity contribution in [2.24, 2.45) is 17.8 Å². The minimum absolute atomic E-state index is 0.0954. The van der Waals surface area contributed by atoms with Gasteiger partial charge in [-0.1, -0.05) is 69.7 Å². The summed E-state index contributed by atoms with van der Waals surface area (Å²) in [6.45, 7) is 2.20. The fraction of sp³-hybridized carbons (Fsp3) is 0.793. The van der Waals surface area contributed by atoms with Crippen LogP contribution in [-0.2, 0) is 5.92 Å². The van der Waals surface area contributed by atoms with Crippen LogP contribution in [0.2, 0.25) is 0 Å². The predicted molar refractivity (Wildman–Crippen MR) is 131 cm³/mol. The van der Waals surface area contributed by atoms with E-state index in [0.717, 1.165) is 50.7 Å². The smallest absolute Gasteiger partial charge is 0.194 e. The molecule has 0 aliphatic heterocycles. The number of hydrogen-bond acceptors (Lipinski definition) is 0. The van der Waals surface area contributed by atoms with Crippen molar-refractivity contribution in [1.82, 2.24) is 0 Å². The number of rotatable bonds is 11. The molecule has 0 spiro atoms. The van der Waals surface area contributed by atoms with E-state index in [9.17, 15) is 74.6 Å². The molecule has 0 bridgehead atoms. The highest BCUT2D eigenvalue weighted by Gasteiger charge is 2.95. The maximum Gasteiger partial charge on any atom is 0.460 e. The van der Waals surface area contributed by atoms with Gasteiger partial charge in [-0.15, -0.1) is 0 Å². The summed E-state index contributed by atoms with van der Waals surface area (Å²) in [7, 11) is 0. The van der Waals surface area contributed by atoms with Gasteiger partial charge in [0.25, 0.3) is 0 Å². The van der Waals surface area contributed by atoms with Crippen LogP contribution in [0, 0.1) is 17.8 Å². The standard InChI is InChI=1S/C29H31F17/c1-16-2-4-17(5-3-16)6-7-18-8-10-19(11-9-18)20-12-14-21(15-13-20)22(30,31)23(32,33)24(34,35)25(36,37)26(38,39)27(40,41)28(42,43)29(44,45)46/h12-19H,2-11H2,1H3/t16-,17-,18-,19-. The van der Waals surface area contributed by atoms with Gasteiger partial charge in [-0.25, -0.2) is 0 Å². The second-order valence-corrected chi connectivity index (χ2v) is 12.6. The summed E-state index contributed by atoms with van der Waals surface area (Å²) in [5.74, 6) is -55.0. The van der Waals surface area contributed by atoms with Crippen LogP contribution in [-0.4, -0.2) is 41.7 Å². The summed E-state index contributed by atoms with van der Waals surface area (Å²) in [6, 6.07) is 1.74. The molecule has 3 rings (SSSR count). The summed E-state index contributed by atoms with van der Waals surface area (Å²) in [4.78, 5) is 0. The van der Waals surface area contributed by atoms with E-state index in [4.69, 9.17) is 0 Å². The maximum absolute atomic E-state index is 14.6. The van der Waals surface area contributed by atoms with E-state index in [0.29, 0.717) is 30.6 Å².